The van der Waals surface area contributed by atoms with E-state index in [1.165, 1.54) is 12.1 Å². The SMILES string of the molecule is O=C(CN1Cc2c(ccc(F)c2F)NC1=O)N[C@H]1CCc2cc(F)cnc21. The summed E-state index contributed by atoms with van der Waals surface area (Å²) in [6.45, 7) is -0.544. The van der Waals surface area contributed by atoms with E-state index >= 15 is 0 Å². The van der Waals surface area contributed by atoms with Gasteiger partial charge in [-0.3, -0.25) is 9.78 Å². The van der Waals surface area contributed by atoms with Crippen molar-refractivity contribution in [1.82, 2.24) is 15.2 Å². The topological polar surface area (TPSA) is 74.3 Å². The molecule has 9 heteroatoms. The molecule has 0 saturated heterocycles. The van der Waals surface area contributed by atoms with Crippen LogP contribution in [0.1, 0.15) is 29.3 Å². The number of amides is 3. The maximum atomic E-state index is 14.0. The predicted octanol–water partition coefficient (Wildman–Crippen LogP) is 2.65. The smallest absolute Gasteiger partial charge is 0.322 e. The quantitative estimate of drug-likeness (QED) is 0.865. The summed E-state index contributed by atoms with van der Waals surface area (Å²) in [7, 11) is 0. The van der Waals surface area contributed by atoms with E-state index in [0.717, 1.165) is 22.7 Å². The number of anilines is 1. The van der Waals surface area contributed by atoms with Gasteiger partial charge in [-0.25, -0.2) is 18.0 Å². The van der Waals surface area contributed by atoms with E-state index in [9.17, 15) is 22.8 Å². The third-order valence-electron chi connectivity index (χ3n) is 4.74. The van der Waals surface area contributed by atoms with Gasteiger partial charge >= 0.3 is 6.03 Å². The number of rotatable bonds is 3. The molecular formula is C18H15F3N4O2. The van der Waals surface area contributed by atoms with Crippen molar-refractivity contribution in [1.29, 1.82) is 0 Å². The van der Waals surface area contributed by atoms with Crippen LogP contribution in [0.3, 0.4) is 0 Å². The number of benzene rings is 1. The Hall–Kier alpha value is -3.10. The molecule has 2 aliphatic rings. The molecule has 0 saturated carbocycles. The van der Waals surface area contributed by atoms with Crippen LogP contribution in [0.4, 0.5) is 23.7 Å². The second kappa shape index (κ2) is 6.57. The first kappa shape index (κ1) is 17.3. The molecular weight excluding hydrogens is 361 g/mol. The van der Waals surface area contributed by atoms with Gasteiger partial charge < -0.3 is 15.5 Å². The van der Waals surface area contributed by atoms with Gasteiger partial charge in [-0.15, -0.1) is 0 Å². The Morgan fingerprint density at radius 3 is 2.96 bits per heavy atom. The lowest BCUT2D eigenvalue weighted by molar-refractivity contribution is -0.122. The number of fused-ring (bicyclic) bond motifs is 2. The van der Waals surface area contributed by atoms with E-state index in [4.69, 9.17) is 0 Å². The fourth-order valence-electron chi connectivity index (χ4n) is 3.45. The number of pyridine rings is 1. The van der Waals surface area contributed by atoms with Gasteiger partial charge in [0.25, 0.3) is 0 Å². The molecule has 1 atom stereocenters. The molecule has 0 radical (unpaired) electrons. The number of hydrogen-bond acceptors (Lipinski definition) is 3. The number of halogens is 3. The minimum atomic E-state index is -1.05. The number of hydrogen-bond donors (Lipinski definition) is 2. The first-order valence-corrected chi connectivity index (χ1v) is 8.39. The highest BCUT2D eigenvalue weighted by Crippen LogP contribution is 2.30. The van der Waals surface area contributed by atoms with Crippen molar-refractivity contribution >= 4 is 17.6 Å². The van der Waals surface area contributed by atoms with Gasteiger partial charge in [0.05, 0.1) is 30.2 Å². The van der Waals surface area contributed by atoms with Gasteiger partial charge in [0, 0.05) is 5.56 Å². The molecule has 140 valence electrons. The van der Waals surface area contributed by atoms with Crippen molar-refractivity contribution in [2.75, 3.05) is 11.9 Å². The molecule has 2 N–H and O–H groups in total. The molecule has 1 aromatic heterocycles. The van der Waals surface area contributed by atoms with Gasteiger partial charge in [-0.2, -0.15) is 0 Å². The van der Waals surface area contributed by atoms with Crippen LogP contribution in [0.5, 0.6) is 0 Å². The molecule has 1 aliphatic carbocycles. The summed E-state index contributed by atoms with van der Waals surface area (Å²) in [5.74, 6) is -2.96. The molecule has 0 spiro atoms. The summed E-state index contributed by atoms with van der Waals surface area (Å²) in [4.78, 5) is 29.6. The Balaban J connectivity index is 1.45. The lowest BCUT2D eigenvalue weighted by atomic mass is 10.1. The molecule has 0 unspecified atom stereocenters. The van der Waals surface area contributed by atoms with Crippen molar-refractivity contribution in [3.8, 4) is 0 Å². The first-order chi connectivity index (χ1) is 12.9. The normalized spacial score (nSPS) is 18.0. The number of urea groups is 1. The van der Waals surface area contributed by atoms with Crippen molar-refractivity contribution in [2.45, 2.75) is 25.4 Å². The Morgan fingerprint density at radius 2 is 2.15 bits per heavy atom. The van der Waals surface area contributed by atoms with Crippen LogP contribution in [0.25, 0.3) is 0 Å². The maximum absolute atomic E-state index is 14.0. The standard InChI is InChI=1S/C18H15F3N4O2/c19-10-5-9-1-3-14(17(9)22-6-10)23-15(26)8-25-7-11-13(24-18(25)27)4-2-12(20)16(11)21/h2,4-6,14H,1,3,7-8H2,(H,23,26)(H,24,27)/t14-/m0/s1. The Kier molecular flexibility index (Phi) is 4.21. The van der Waals surface area contributed by atoms with E-state index in [0.29, 0.717) is 18.5 Å². The summed E-state index contributed by atoms with van der Waals surface area (Å²) >= 11 is 0. The Bertz CT molecular complexity index is 950. The third-order valence-corrected chi connectivity index (χ3v) is 4.74. The average molecular weight is 376 g/mol. The molecule has 1 aliphatic heterocycles. The summed E-state index contributed by atoms with van der Waals surface area (Å²) in [5.41, 5.74) is 1.52. The molecule has 27 heavy (non-hydrogen) atoms. The van der Waals surface area contributed by atoms with Crippen LogP contribution < -0.4 is 10.6 Å². The van der Waals surface area contributed by atoms with E-state index in [2.05, 4.69) is 15.6 Å². The number of carbonyl (C=O) groups is 2. The summed E-state index contributed by atoms with van der Waals surface area (Å²) in [6, 6.07) is 2.66. The van der Waals surface area contributed by atoms with Crippen molar-refractivity contribution in [3.05, 3.63) is 58.7 Å². The fraction of sp³-hybridized carbons (Fsp3) is 0.278. The van der Waals surface area contributed by atoms with E-state index in [-0.39, 0.29) is 30.4 Å². The molecule has 4 rings (SSSR count). The highest BCUT2D eigenvalue weighted by molar-refractivity contribution is 5.95. The second-order valence-corrected chi connectivity index (χ2v) is 6.53. The highest BCUT2D eigenvalue weighted by Gasteiger charge is 2.30. The number of nitrogens with one attached hydrogen (secondary N) is 2. The van der Waals surface area contributed by atoms with Gasteiger partial charge in [0.2, 0.25) is 5.91 Å². The van der Waals surface area contributed by atoms with Gasteiger partial charge in [0.1, 0.15) is 12.4 Å². The lowest BCUT2D eigenvalue weighted by Crippen LogP contribution is -2.45. The van der Waals surface area contributed by atoms with Crippen LogP contribution in [0, 0.1) is 17.5 Å². The average Bonchev–Trinajstić information content (AvgIpc) is 3.01. The molecule has 1 aromatic carbocycles. The maximum Gasteiger partial charge on any atom is 0.322 e. The molecule has 6 nitrogen and oxygen atoms in total. The largest absolute Gasteiger partial charge is 0.346 e. The number of aryl methyl sites for hydroxylation is 1. The van der Waals surface area contributed by atoms with Crippen LogP contribution >= 0.6 is 0 Å². The number of nitrogens with zero attached hydrogens (tertiary/aromatic N) is 2. The summed E-state index contributed by atoms with van der Waals surface area (Å²) < 4.78 is 40.6. The van der Waals surface area contributed by atoms with Gasteiger partial charge in [-0.1, -0.05) is 0 Å². The van der Waals surface area contributed by atoms with Crippen LogP contribution in [0.15, 0.2) is 24.4 Å². The minimum absolute atomic E-state index is 0.00856. The number of aromatic nitrogens is 1. The van der Waals surface area contributed by atoms with Crippen molar-refractivity contribution in [2.24, 2.45) is 0 Å². The van der Waals surface area contributed by atoms with E-state index in [1.807, 2.05) is 0 Å². The lowest BCUT2D eigenvalue weighted by Gasteiger charge is -2.29. The summed E-state index contributed by atoms with van der Waals surface area (Å²) in [6.07, 6.45) is 2.26. The summed E-state index contributed by atoms with van der Waals surface area (Å²) in [5, 5.41) is 5.20. The minimum Gasteiger partial charge on any atom is -0.346 e. The first-order valence-electron chi connectivity index (χ1n) is 8.39. The zero-order valence-corrected chi connectivity index (χ0v) is 14.1. The molecule has 3 amide bonds. The van der Waals surface area contributed by atoms with E-state index < -0.39 is 29.4 Å². The molecule has 2 heterocycles. The van der Waals surface area contributed by atoms with Crippen LogP contribution in [-0.4, -0.2) is 28.4 Å². The third kappa shape index (κ3) is 3.20. The molecule has 0 fully saturated rings. The second-order valence-electron chi connectivity index (χ2n) is 6.53. The van der Waals surface area contributed by atoms with Crippen LogP contribution in [0.2, 0.25) is 0 Å². The van der Waals surface area contributed by atoms with Crippen LogP contribution in [-0.2, 0) is 17.8 Å². The zero-order chi connectivity index (χ0) is 19.1. The van der Waals surface area contributed by atoms with Gasteiger partial charge in [-0.05, 0) is 36.6 Å². The highest BCUT2D eigenvalue weighted by atomic mass is 19.2. The predicted molar refractivity (Wildman–Crippen MR) is 89.2 cm³/mol. The van der Waals surface area contributed by atoms with Crippen molar-refractivity contribution < 1.29 is 22.8 Å². The van der Waals surface area contributed by atoms with Gasteiger partial charge in [0.15, 0.2) is 11.6 Å². The van der Waals surface area contributed by atoms with Crippen molar-refractivity contribution in [3.63, 3.8) is 0 Å². The molecule has 0 bridgehead atoms. The Morgan fingerprint density at radius 1 is 1.33 bits per heavy atom. The fourth-order valence-corrected chi connectivity index (χ4v) is 3.45. The zero-order valence-electron chi connectivity index (χ0n) is 14.1. The molecule has 2 aromatic rings. The van der Waals surface area contributed by atoms with E-state index in [1.54, 1.807) is 0 Å². The Labute approximate surface area is 152 Å². The monoisotopic (exact) mass is 376 g/mol. The number of carbonyl (C=O) groups excluding carboxylic acids is 2.